The average Bonchev–Trinajstić information content (AvgIpc) is 2.72. The minimum absolute atomic E-state index is 0.122. The van der Waals surface area contributed by atoms with Crippen molar-refractivity contribution in [3.8, 4) is 12.3 Å². The number of benzene rings is 2. The molecule has 2 rings (SSSR count). The molecule has 3 nitrogen and oxygen atoms in total. The second-order valence-electron chi connectivity index (χ2n) is 7.19. The number of carbonyl (C=O) groups is 1. The lowest BCUT2D eigenvalue weighted by molar-refractivity contribution is -0.348. The maximum absolute atomic E-state index is 14.8. The first-order valence-corrected chi connectivity index (χ1v) is 10.3. The summed E-state index contributed by atoms with van der Waals surface area (Å²) in [7, 11) is 1.34. The van der Waals surface area contributed by atoms with Crippen LogP contribution in [0.4, 0.5) is 59.7 Å². The van der Waals surface area contributed by atoms with Gasteiger partial charge in [0.25, 0.3) is 5.91 Å². The fourth-order valence-electron chi connectivity index (χ4n) is 3.04. The van der Waals surface area contributed by atoms with Crippen LogP contribution in [0.1, 0.15) is 21.5 Å². The molecule has 36 heavy (non-hydrogen) atoms. The van der Waals surface area contributed by atoms with E-state index in [1.54, 1.807) is 5.32 Å². The van der Waals surface area contributed by atoms with Crippen LogP contribution in [0.5, 0.6) is 0 Å². The second kappa shape index (κ2) is 9.94. The normalized spacial score (nSPS) is 12.8. The van der Waals surface area contributed by atoms with Crippen LogP contribution in [-0.4, -0.2) is 31.9 Å². The summed E-state index contributed by atoms with van der Waals surface area (Å²) in [5.74, 6) is -0.540. The third-order valence-electron chi connectivity index (χ3n) is 4.78. The van der Waals surface area contributed by atoms with Gasteiger partial charge < -0.3 is 10.2 Å². The lowest BCUT2D eigenvalue weighted by Crippen LogP contribution is -2.50. The summed E-state index contributed by atoms with van der Waals surface area (Å²) in [6.45, 7) is -0.122. The van der Waals surface area contributed by atoms with Crippen LogP contribution in [0, 0.1) is 21.7 Å². The first-order chi connectivity index (χ1) is 16.3. The van der Waals surface area contributed by atoms with Gasteiger partial charge in [-0.1, -0.05) is 12.0 Å². The van der Waals surface area contributed by atoms with Crippen molar-refractivity contribution in [3.63, 3.8) is 0 Å². The van der Waals surface area contributed by atoms with Gasteiger partial charge in [0, 0.05) is 16.2 Å². The average molecular weight is 644 g/mol. The fraction of sp³-hybridized carbons (Fsp3) is 0.286. The number of rotatable bonds is 5. The van der Waals surface area contributed by atoms with E-state index in [9.17, 15) is 53.1 Å². The number of nitrogens with zero attached hydrogens (tertiary/aromatic N) is 1. The first kappa shape index (κ1) is 29.5. The Bertz CT molecular complexity index is 1180. The molecule has 0 bridgehead atoms. The van der Waals surface area contributed by atoms with E-state index in [1.165, 1.54) is 18.0 Å². The van der Waals surface area contributed by atoms with E-state index >= 15 is 0 Å². The standard InChI is InChI=1S/C21H12F11IN2O/c1-3-7-35(2)14-6-4-5-11(15(14)22)17(36)34-16-12(19(24,25)26)8-10(9-13(16)33)18(23,20(27,28)29)21(30,31)32/h1,4-6,8-9H,7H2,2H3,(H,34,36). The molecule has 0 unspecified atom stereocenters. The molecule has 1 N–H and O–H groups in total. The lowest BCUT2D eigenvalue weighted by Gasteiger charge is -2.31. The summed E-state index contributed by atoms with van der Waals surface area (Å²) < 4.78 is 148. The van der Waals surface area contributed by atoms with Crippen LogP contribution < -0.4 is 10.2 Å². The van der Waals surface area contributed by atoms with Gasteiger partial charge in [0.15, 0.2) is 5.82 Å². The summed E-state index contributed by atoms with van der Waals surface area (Å²) in [6, 6.07) is 2.37. The highest BCUT2D eigenvalue weighted by Crippen LogP contribution is 2.54. The Balaban J connectivity index is 2.68. The summed E-state index contributed by atoms with van der Waals surface area (Å²) in [5.41, 5.74) is -13.1. The van der Waals surface area contributed by atoms with Gasteiger partial charge in [-0.3, -0.25) is 4.79 Å². The molecule has 0 heterocycles. The van der Waals surface area contributed by atoms with Gasteiger partial charge >= 0.3 is 24.2 Å². The van der Waals surface area contributed by atoms with E-state index in [2.05, 4.69) is 5.92 Å². The Hall–Kier alpha value is -2.77. The molecule has 0 saturated carbocycles. The summed E-state index contributed by atoms with van der Waals surface area (Å²) in [6.07, 6.45) is -13.9. The van der Waals surface area contributed by atoms with Crippen molar-refractivity contribution in [1.82, 2.24) is 0 Å². The van der Waals surface area contributed by atoms with Crippen molar-refractivity contribution < 1.29 is 53.1 Å². The maximum atomic E-state index is 14.8. The van der Waals surface area contributed by atoms with Crippen LogP contribution >= 0.6 is 22.6 Å². The van der Waals surface area contributed by atoms with Crippen molar-refractivity contribution in [3.05, 3.63) is 56.4 Å². The molecule has 0 atom stereocenters. The van der Waals surface area contributed by atoms with Gasteiger partial charge in [-0.2, -0.15) is 39.5 Å². The van der Waals surface area contributed by atoms with E-state index in [1.807, 2.05) is 0 Å². The predicted molar refractivity (Wildman–Crippen MR) is 116 cm³/mol. The van der Waals surface area contributed by atoms with Crippen LogP contribution in [0.25, 0.3) is 0 Å². The SMILES string of the molecule is C#CCN(C)c1cccc(C(=O)Nc2c(I)cc(C(F)(C(F)(F)F)C(F)(F)F)cc2C(F)(F)F)c1F. The zero-order chi connectivity index (χ0) is 27.9. The summed E-state index contributed by atoms with van der Waals surface area (Å²) >= 11 is 0.897. The van der Waals surface area contributed by atoms with Gasteiger partial charge in [-0.25, -0.2) is 8.78 Å². The van der Waals surface area contributed by atoms with Crippen molar-refractivity contribution >= 4 is 39.9 Å². The maximum Gasteiger partial charge on any atom is 0.435 e. The first-order valence-electron chi connectivity index (χ1n) is 9.25. The van der Waals surface area contributed by atoms with Crippen molar-refractivity contribution in [2.75, 3.05) is 23.8 Å². The number of hydrogen-bond acceptors (Lipinski definition) is 2. The zero-order valence-corrected chi connectivity index (χ0v) is 19.7. The smallest absolute Gasteiger partial charge is 0.361 e. The van der Waals surface area contributed by atoms with E-state index in [-0.39, 0.29) is 18.3 Å². The van der Waals surface area contributed by atoms with E-state index in [0.29, 0.717) is 0 Å². The Kier molecular flexibility index (Phi) is 8.14. The van der Waals surface area contributed by atoms with Crippen molar-refractivity contribution in [2.24, 2.45) is 0 Å². The summed E-state index contributed by atoms with van der Waals surface area (Å²) in [4.78, 5) is 13.8. The highest BCUT2D eigenvalue weighted by atomic mass is 127. The lowest BCUT2D eigenvalue weighted by atomic mass is 9.92. The molecule has 0 aromatic heterocycles. The molecule has 2 aromatic carbocycles. The Labute approximate surface area is 209 Å². The van der Waals surface area contributed by atoms with Gasteiger partial charge in [-0.05, 0) is 46.9 Å². The van der Waals surface area contributed by atoms with E-state index in [4.69, 9.17) is 6.42 Å². The third-order valence-corrected chi connectivity index (χ3v) is 5.63. The Morgan fingerprint density at radius 2 is 1.58 bits per heavy atom. The molecule has 2 aromatic rings. The topological polar surface area (TPSA) is 32.3 Å². The fourth-order valence-corrected chi connectivity index (χ4v) is 3.80. The highest BCUT2D eigenvalue weighted by molar-refractivity contribution is 14.1. The quantitative estimate of drug-likeness (QED) is 0.215. The minimum Gasteiger partial charge on any atom is -0.361 e. The largest absolute Gasteiger partial charge is 0.435 e. The summed E-state index contributed by atoms with van der Waals surface area (Å²) in [5, 5.41) is 1.65. The second-order valence-corrected chi connectivity index (χ2v) is 8.35. The predicted octanol–water partition coefficient (Wildman–Crippen LogP) is 7.06. The third kappa shape index (κ3) is 5.47. The van der Waals surface area contributed by atoms with Gasteiger partial charge in [-0.15, -0.1) is 6.42 Å². The number of terminal acetylenes is 1. The number of hydrogen-bond donors (Lipinski definition) is 1. The highest BCUT2D eigenvalue weighted by Gasteiger charge is 2.73. The Morgan fingerprint density at radius 1 is 1.03 bits per heavy atom. The number of halogens is 12. The van der Waals surface area contributed by atoms with E-state index in [0.717, 1.165) is 34.7 Å². The van der Waals surface area contributed by atoms with Gasteiger partial charge in [0.2, 0.25) is 0 Å². The molecule has 0 spiro atoms. The number of nitrogens with one attached hydrogen (secondary N) is 1. The zero-order valence-electron chi connectivity index (χ0n) is 17.6. The van der Waals surface area contributed by atoms with Gasteiger partial charge in [0.1, 0.15) is 0 Å². The number of carbonyl (C=O) groups excluding carboxylic acids is 1. The molecule has 0 aliphatic heterocycles. The molecule has 15 heteroatoms. The van der Waals surface area contributed by atoms with Crippen molar-refractivity contribution in [2.45, 2.75) is 24.2 Å². The number of amides is 1. The van der Waals surface area contributed by atoms with Crippen LogP contribution in [-0.2, 0) is 11.8 Å². The minimum atomic E-state index is -6.67. The number of anilines is 2. The molecular formula is C21H12F11IN2O. The molecule has 196 valence electrons. The van der Waals surface area contributed by atoms with Crippen LogP contribution in [0.2, 0.25) is 0 Å². The molecule has 1 amide bonds. The van der Waals surface area contributed by atoms with Crippen LogP contribution in [0.15, 0.2) is 30.3 Å². The van der Waals surface area contributed by atoms with E-state index < -0.39 is 67.9 Å². The van der Waals surface area contributed by atoms with Crippen molar-refractivity contribution in [1.29, 1.82) is 0 Å². The molecule has 0 radical (unpaired) electrons. The van der Waals surface area contributed by atoms with Crippen LogP contribution in [0.3, 0.4) is 0 Å². The molecule has 0 aliphatic carbocycles. The van der Waals surface area contributed by atoms with Gasteiger partial charge in [0.05, 0.1) is 29.0 Å². The molecular weight excluding hydrogens is 632 g/mol. The monoisotopic (exact) mass is 644 g/mol. The molecule has 0 fully saturated rings. The molecule has 0 aliphatic rings. The molecule has 0 saturated heterocycles. The number of alkyl halides is 10. The Morgan fingerprint density at radius 3 is 2.06 bits per heavy atom.